The van der Waals surface area contributed by atoms with E-state index in [1.165, 1.54) is 6.07 Å². The average Bonchev–Trinajstić information content (AvgIpc) is 2.71. The topological polar surface area (TPSA) is 94.8 Å². The number of benzene rings is 2. The van der Waals surface area contributed by atoms with Crippen molar-refractivity contribution in [3.05, 3.63) is 69.6 Å². The molecule has 1 amide bonds. The van der Waals surface area contributed by atoms with Gasteiger partial charge in [0.1, 0.15) is 17.9 Å². The average molecular weight is 421 g/mol. The van der Waals surface area contributed by atoms with Gasteiger partial charge in [-0.2, -0.15) is 0 Å². The summed E-state index contributed by atoms with van der Waals surface area (Å²) in [7, 11) is 0. The lowest BCUT2D eigenvalue weighted by atomic mass is 9.95. The second-order valence-corrected chi connectivity index (χ2v) is 7.91. The van der Waals surface area contributed by atoms with Crippen molar-refractivity contribution < 1.29 is 23.5 Å². The van der Waals surface area contributed by atoms with E-state index in [9.17, 15) is 14.4 Å². The molecule has 4 rings (SSSR count). The molecule has 1 N–H and O–H groups in total. The first-order valence-corrected chi connectivity index (χ1v) is 10.1. The summed E-state index contributed by atoms with van der Waals surface area (Å²) in [4.78, 5) is 36.6. The molecule has 7 nitrogen and oxygen atoms in total. The van der Waals surface area contributed by atoms with Gasteiger partial charge in [-0.25, -0.2) is 4.79 Å². The number of fused-ring (bicyclic) bond motifs is 2. The van der Waals surface area contributed by atoms with E-state index in [1.54, 1.807) is 24.3 Å². The highest BCUT2D eigenvalue weighted by atomic mass is 16.5. The summed E-state index contributed by atoms with van der Waals surface area (Å²) in [6.07, 6.45) is -1.22. The molecule has 7 heteroatoms. The number of esters is 1. The number of para-hydroxylation sites is 2. The SMILES string of the molecule is Cc1cc2oc(=O)cc(COC(=O)C[C@@H]3Oc4ccccc4NC3=O)c2cc1C(C)C. The van der Waals surface area contributed by atoms with Crippen molar-refractivity contribution >= 4 is 28.5 Å². The summed E-state index contributed by atoms with van der Waals surface area (Å²) in [6, 6.07) is 12.1. The Hall–Kier alpha value is -3.61. The molecule has 2 heterocycles. The van der Waals surface area contributed by atoms with Crippen LogP contribution in [0.4, 0.5) is 5.69 Å². The van der Waals surface area contributed by atoms with Crippen molar-refractivity contribution in [2.24, 2.45) is 0 Å². The molecule has 0 unspecified atom stereocenters. The van der Waals surface area contributed by atoms with Crippen molar-refractivity contribution in [3.63, 3.8) is 0 Å². The maximum Gasteiger partial charge on any atom is 0.336 e. The maximum absolute atomic E-state index is 12.4. The molecule has 0 saturated carbocycles. The Kier molecular flexibility index (Phi) is 5.50. The van der Waals surface area contributed by atoms with Crippen LogP contribution in [0.3, 0.4) is 0 Å². The first-order valence-electron chi connectivity index (χ1n) is 10.1. The third-order valence-electron chi connectivity index (χ3n) is 5.29. The normalized spacial score (nSPS) is 15.4. The van der Waals surface area contributed by atoms with Gasteiger partial charge in [-0.05, 0) is 48.2 Å². The second-order valence-electron chi connectivity index (χ2n) is 7.91. The minimum atomic E-state index is -0.977. The Morgan fingerprint density at radius 1 is 1.16 bits per heavy atom. The molecule has 0 saturated heterocycles. The number of nitrogens with one attached hydrogen (secondary N) is 1. The summed E-state index contributed by atoms with van der Waals surface area (Å²) in [6.45, 7) is 6.03. The van der Waals surface area contributed by atoms with Gasteiger partial charge in [-0.15, -0.1) is 0 Å². The Labute approximate surface area is 179 Å². The fraction of sp³-hybridized carbons (Fsp3) is 0.292. The van der Waals surface area contributed by atoms with Gasteiger partial charge >= 0.3 is 11.6 Å². The van der Waals surface area contributed by atoms with Crippen LogP contribution in [0.5, 0.6) is 5.75 Å². The molecular formula is C24H23NO6. The molecule has 0 fully saturated rings. The van der Waals surface area contributed by atoms with Gasteiger partial charge in [0.15, 0.2) is 6.10 Å². The molecule has 0 bridgehead atoms. The van der Waals surface area contributed by atoms with Crippen LogP contribution in [-0.4, -0.2) is 18.0 Å². The number of ether oxygens (including phenoxy) is 2. The predicted molar refractivity (Wildman–Crippen MR) is 115 cm³/mol. The van der Waals surface area contributed by atoms with Crippen LogP contribution >= 0.6 is 0 Å². The monoisotopic (exact) mass is 421 g/mol. The van der Waals surface area contributed by atoms with Crippen LogP contribution in [0, 0.1) is 6.92 Å². The van der Waals surface area contributed by atoms with Crippen molar-refractivity contribution in [1.29, 1.82) is 0 Å². The van der Waals surface area contributed by atoms with Gasteiger partial charge in [-0.3, -0.25) is 9.59 Å². The maximum atomic E-state index is 12.4. The van der Waals surface area contributed by atoms with Crippen LogP contribution in [0.15, 0.2) is 51.7 Å². The number of anilines is 1. The quantitative estimate of drug-likeness (QED) is 0.493. The highest BCUT2D eigenvalue weighted by Crippen LogP contribution is 2.30. The zero-order chi connectivity index (χ0) is 22.1. The predicted octanol–water partition coefficient (Wildman–Crippen LogP) is 4.06. The van der Waals surface area contributed by atoms with Crippen LogP contribution in [0.25, 0.3) is 11.0 Å². The molecule has 1 atom stereocenters. The van der Waals surface area contributed by atoms with E-state index < -0.39 is 23.6 Å². The summed E-state index contributed by atoms with van der Waals surface area (Å²) < 4.78 is 16.3. The molecule has 31 heavy (non-hydrogen) atoms. The van der Waals surface area contributed by atoms with E-state index in [2.05, 4.69) is 19.2 Å². The summed E-state index contributed by atoms with van der Waals surface area (Å²) in [5, 5.41) is 3.44. The molecule has 0 spiro atoms. The van der Waals surface area contributed by atoms with E-state index in [1.807, 2.05) is 19.1 Å². The number of rotatable bonds is 5. The van der Waals surface area contributed by atoms with Crippen molar-refractivity contribution in [2.45, 2.75) is 45.8 Å². The number of hydrogen-bond donors (Lipinski definition) is 1. The third kappa shape index (κ3) is 4.30. The molecule has 2 aromatic carbocycles. The van der Waals surface area contributed by atoms with Crippen molar-refractivity contribution in [2.75, 3.05) is 5.32 Å². The summed E-state index contributed by atoms with van der Waals surface area (Å²) in [5.41, 5.74) is 3.21. The number of carbonyl (C=O) groups is 2. The second kappa shape index (κ2) is 8.26. The first-order chi connectivity index (χ1) is 14.8. The van der Waals surface area contributed by atoms with Gasteiger partial charge in [-0.1, -0.05) is 26.0 Å². The zero-order valence-electron chi connectivity index (χ0n) is 17.6. The van der Waals surface area contributed by atoms with Crippen molar-refractivity contribution in [1.82, 2.24) is 0 Å². The minimum Gasteiger partial charge on any atom is -0.478 e. The third-order valence-corrected chi connectivity index (χ3v) is 5.29. The number of hydrogen-bond acceptors (Lipinski definition) is 6. The lowest BCUT2D eigenvalue weighted by Crippen LogP contribution is -2.38. The van der Waals surface area contributed by atoms with Gasteiger partial charge in [0.25, 0.3) is 5.91 Å². The van der Waals surface area contributed by atoms with Gasteiger partial charge in [0.2, 0.25) is 0 Å². The van der Waals surface area contributed by atoms with Crippen LogP contribution in [0.2, 0.25) is 0 Å². The van der Waals surface area contributed by atoms with E-state index >= 15 is 0 Å². The molecule has 3 aromatic rings. The fourth-order valence-corrected chi connectivity index (χ4v) is 3.73. The lowest BCUT2D eigenvalue weighted by molar-refractivity contribution is -0.149. The van der Waals surface area contributed by atoms with Crippen LogP contribution in [0.1, 0.15) is 42.9 Å². The first kappa shape index (κ1) is 20.7. The highest BCUT2D eigenvalue weighted by molar-refractivity contribution is 5.99. The Morgan fingerprint density at radius 3 is 2.71 bits per heavy atom. The van der Waals surface area contributed by atoms with E-state index in [4.69, 9.17) is 13.9 Å². The molecule has 160 valence electrons. The number of carbonyl (C=O) groups excluding carboxylic acids is 2. The van der Waals surface area contributed by atoms with E-state index in [0.29, 0.717) is 22.6 Å². The van der Waals surface area contributed by atoms with Gasteiger partial charge in [0.05, 0.1) is 12.1 Å². The molecule has 1 aromatic heterocycles. The minimum absolute atomic E-state index is 0.105. The molecule has 1 aliphatic heterocycles. The summed E-state index contributed by atoms with van der Waals surface area (Å²) >= 11 is 0. The molecule has 1 aliphatic rings. The van der Waals surface area contributed by atoms with Gasteiger partial charge in [0, 0.05) is 17.0 Å². The van der Waals surface area contributed by atoms with Gasteiger partial charge < -0.3 is 19.2 Å². The lowest BCUT2D eigenvalue weighted by Gasteiger charge is -2.25. The zero-order valence-corrected chi connectivity index (χ0v) is 17.6. The molecule has 0 aliphatic carbocycles. The Morgan fingerprint density at radius 2 is 1.94 bits per heavy atom. The number of aryl methyl sites for hydroxylation is 1. The van der Waals surface area contributed by atoms with E-state index in [-0.39, 0.29) is 18.9 Å². The molecular weight excluding hydrogens is 398 g/mol. The largest absolute Gasteiger partial charge is 0.478 e. The Balaban J connectivity index is 1.50. The van der Waals surface area contributed by atoms with E-state index in [0.717, 1.165) is 16.5 Å². The highest BCUT2D eigenvalue weighted by Gasteiger charge is 2.30. The van der Waals surface area contributed by atoms with Crippen LogP contribution in [-0.2, 0) is 20.9 Å². The fourth-order valence-electron chi connectivity index (χ4n) is 3.73. The Bertz CT molecular complexity index is 1230. The smallest absolute Gasteiger partial charge is 0.336 e. The van der Waals surface area contributed by atoms with Crippen LogP contribution < -0.4 is 15.7 Å². The van der Waals surface area contributed by atoms with Crippen molar-refractivity contribution in [3.8, 4) is 5.75 Å². The standard InChI is InChI=1S/C24H23NO6/c1-13(2)16-10-17-15(9-23(27)31-20(17)8-14(16)3)12-29-22(26)11-21-24(28)25-18-6-4-5-7-19(18)30-21/h4-10,13,21H,11-12H2,1-3H3,(H,25,28)/t21-/m0/s1. The molecule has 0 radical (unpaired) electrons. The summed E-state index contributed by atoms with van der Waals surface area (Å²) in [5.74, 6) is -0.213. The number of amides is 1.